The number of nitrogens with zero attached hydrogens (tertiary/aromatic N) is 5. The lowest BCUT2D eigenvalue weighted by atomic mass is 9.94. The van der Waals surface area contributed by atoms with E-state index in [-0.39, 0.29) is 11.4 Å². The molecule has 0 saturated carbocycles. The Morgan fingerprint density at radius 1 is 1.14 bits per heavy atom. The fourth-order valence-corrected chi connectivity index (χ4v) is 3.49. The van der Waals surface area contributed by atoms with E-state index in [0.717, 1.165) is 19.5 Å². The van der Waals surface area contributed by atoms with Crippen LogP contribution in [0.3, 0.4) is 0 Å². The topological polar surface area (TPSA) is 75.9 Å². The van der Waals surface area contributed by atoms with E-state index in [1.54, 1.807) is 35.4 Å². The van der Waals surface area contributed by atoms with Crippen molar-refractivity contribution in [2.45, 2.75) is 32.4 Å². The molecule has 0 atom stereocenters. The number of nitrogens with one attached hydrogen (secondary N) is 1. The number of rotatable bonds is 5. The monoisotopic (exact) mass is 376 g/mol. The van der Waals surface area contributed by atoms with Gasteiger partial charge in [-0.1, -0.05) is 24.3 Å². The summed E-state index contributed by atoms with van der Waals surface area (Å²) in [5, 5.41) is 11.2. The average molecular weight is 376 g/mol. The molecule has 1 aliphatic heterocycles. The third kappa shape index (κ3) is 3.80. The normalized spacial score (nSPS) is 14.5. The molecule has 1 aliphatic rings. The molecule has 0 fully saturated rings. The number of benzene rings is 1. The Labute approximate surface area is 164 Å². The van der Waals surface area contributed by atoms with Crippen molar-refractivity contribution >= 4 is 5.91 Å². The molecule has 1 amide bonds. The van der Waals surface area contributed by atoms with Crippen LogP contribution in [0, 0.1) is 0 Å². The van der Waals surface area contributed by atoms with Crippen molar-refractivity contribution in [3.63, 3.8) is 0 Å². The van der Waals surface area contributed by atoms with Crippen molar-refractivity contribution in [2.75, 3.05) is 13.1 Å². The molecule has 4 rings (SSSR count). The minimum Gasteiger partial charge on any atom is -0.349 e. The molecule has 1 N–H and O–H groups in total. The summed E-state index contributed by atoms with van der Waals surface area (Å²) in [6.45, 7) is 6.75. The highest BCUT2D eigenvalue weighted by atomic mass is 16.1. The van der Waals surface area contributed by atoms with Gasteiger partial charge in [0.1, 0.15) is 6.33 Å². The molecule has 3 aromatic rings. The van der Waals surface area contributed by atoms with E-state index < -0.39 is 0 Å². The van der Waals surface area contributed by atoms with Crippen LogP contribution in [0.1, 0.15) is 35.5 Å². The van der Waals surface area contributed by atoms with Crippen molar-refractivity contribution in [3.8, 4) is 5.82 Å². The van der Waals surface area contributed by atoms with Gasteiger partial charge in [-0.15, -0.1) is 10.2 Å². The maximum Gasteiger partial charge on any atom is 0.271 e. The van der Waals surface area contributed by atoms with Crippen LogP contribution in [0.15, 0.2) is 55.1 Å². The van der Waals surface area contributed by atoms with Crippen molar-refractivity contribution in [1.82, 2.24) is 30.0 Å². The highest BCUT2D eigenvalue weighted by Gasteiger charge is 2.30. The molecule has 0 radical (unpaired) electrons. The van der Waals surface area contributed by atoms with Gasteiger partial charge in [-0.2, -0.15) is 0 Å². The summed E-state index contributed by atoms with van der Waals surface area (Å²) >= 11 is 0. The molecule has 0 unspecified atom stereocenters. The Hall–Kier alpha value is -3.06. The summed E-state index contributed by atoms with van der Waals surface area (Å²) < 4.78 is 1.74. The van der Waals surface area contributed by atoms with Gasteiger partial charge in [-0.05, 0) is 43.5 Å². The second-order valence-electron chi connectivity index (χ2n) is 7.68. The number of amides is 1. The summed E-state index contributed by atoms with van der Waals surface area (Å²) in [5.41, 5.74) is 2.94. The number of imidazole rings is 1. The van der Waals surface area contributed by atoms with Crippen molar-refractivity contribution in [3.05, 3.63) is 71.9 Å². The quantitative estimate of drug-likeness (QED) is 0.739. The first-order chi connectivity index (χ1) is 13.5. The van der Waals surface area contributed by atoms with E-state index in [4.69, 9.17) is 0 Å². The lowest BCUT2D eigenvalue weighted by Crippen LogP contribution is -2.53. The van der Waals surface area contributed by atoms with E-state index >= 15 is 0 Å². The van der Waals surface area contributed by atoms with Crippen LogP contribution >= 0.6 is 0 Å². The summed E-state index contributed by atoms with van der Waals surface area (Å²) in [5.74, 6) is 0.413. The zero-order chi connectivity index (χ0) is 19.6. The second kappa shape index (κ2) is 7.52. The molecule has 2 aromatic heterocycles. The molecule has 28 heavy (non-hydrogen) atoms. The molecule has 0 aliphatic carbocycles. The van der Waals surface area contributed by atoms with E-state index in [1.165, 1.54) is 11.1 Å². The van der Waals surface area contributed by atoms with Gasteiger partial charge in [0.2, 0.25) is 0 Å². The summed E-state index contributed by atoms with van der Waals surface area (Å²) in [7, 11) is 0. The van der Waals surface area contributed by atoms with Gasteiger partial charge < -0.3 is 5.32 Å². The Balaban J connectivity index is 1.37. The van der Waals surface area contributed by atoms with Crippen LogP contribution in [0.4, 0.5) is 0 Å². The van der Waals surface area contributed by atoms with Gasteiger partial charge in [0.05, 0.1) is 0 Å². The van der Waals surface area contributed by atoms with Gasteiger partial charge in [-0.25, -0.2) is 4.98 Å². The van der Waals surface area contributed by atoms with Crippen molar-refractivity contribution < 1.29 is 4.79 Å². The average Bonchev–Trinajstić information content (AvgIpc) is 3.27. The minimum absolute atomic E-state index is 0.159. The Kier molecular flexibility index (Phi) is 4.92. The summed E-state index contributed by atoms with van der Waals surface area (Å²) in [6, 6.07) is 12.0. The Morgan fingerprint density at radius 2 is 1.96 bits per heavy atom. The number of carbonyl (C=O) groups is 1. The molecular weight excluding hydrogens is 352 g/mol. The van der Waals surface area contributed by atoms with Crippen molar-refractivity contribution in [2.24, 2.45) is 0 Å². The van der Waals surface area contributed by atoms with Crippen LogP contribution in [-0.2, 0) is 13.0 Å². The lowest BCUT2D eigenvalue weighted by Gasteiger charge is -2.41. The van der Waals surface area contributed by atoms with E-state index in [2.05, 4.69) is 63.5 Å². The molecule has 3 heterocycles. The molecule has 7 nitrogen and oxygen atoms in total. The molecule has 1 aromatic carbocycles. The van der Waals surface area contributed by atoms with Gasteiger partial charge in [0.15, 0.2) is 11.5 Å². The minimum atomic E-state index is -0.213. The van der Waals surface area contributed by atoms with Crippen LogP contribution in [0.5, 0.6) is 0 Å². The first-order valence-electron chi connectivity index (χ1n) is 9.45. The maximum absolute atomic E-state index is 12.5. The van der Waals surface area contributed by atoms with Gasteiger partial charge in [0.25, 0.3) is 5.91 Å². The van der Waals surface area contributed by atoms with Crippen LogP contribution in [0.25, 0.3) is 5.82 Å². The smallest absolute Gasteiger partial charge is 0.271 e. The fourth-order valence-electron chi connectivity index (χ4n) is 3.49. The van der Waals surface area contributed by atoms with E-state index in [1.807, 2.05) is 0 Å². The van der Waals surface area contributed by atoms with Crippen molar-refractivity contribution in [1.29, 1.82) is 0 Å². The SMILES string of the molecule is CC(C)(CNC(=O)c1ccc(-n2ccnc2)nn1)N1CCc2ccccc2C1. The largest absolute Gasteiger partial charge is 0.349 e. The number of aromatic nitrogens is 4. The maximum atomic E-state index is 12.5. The predicted octanol–water partition coefficient (Wildman–Crippen LogP) is 2.23. The third-order valence-electron chi connectivity index (χ3n) is 5.32. The fraction of sp³-hybridized carbons (Fsp3) is 0.333. The third-order valence-corrected chi connectivity index (χ3v) is 5.32. The Bertz CT molecular complexity index is 949. The second-order valence-corrected chi connectivity index (χ2v) is 7.68. The lowest BCUT2D eigenvalue weighted by molar-refractivity contribution is 0.0821. The zero-order valence-electron chi connectivity index (χ0n) is 16.2. The molecular formula is C21H24N6O. The molecule has 0 spiro atoms. The molecule has 0 saturated heterocycles. The number of hydrogen-bond donors (Lipinski definition) is 1. The molecule has 144 valence electrons. The summed E-state index contributed by atoms with van der Waals surface area (Å²) in [6.07, 6.45) is 6.13. The number of hydrogen-bond acceptors (Lipinski definition) is 5. The Morgan fingerprint density at radius 3 is 2.68 bits per heavy atom. The standard InChI is InChI=1S/C21H24N6O/c1-21(2,27-11-9-16-5-3-4-6-17(16)13-27)14-23-20(28)18-7-8-19(25-24-18)26-12-10-22-15-26/h3-8,10,12,15H,9,11,13-14H2,1-2H3,(H,23,28). The zero-order valence-corrected chi connectivity index (χ0v) is 16.2. The first kappa shape index (κ1) is 18.3. The first-order valence-corrected chi connectivity index (χ1v) is 9.45. The van der Waals surface area contributed by atoms with E-state index in [9.17, 15) is 4.79 Å². The van der Waals surface area contributed by atoms with Gasteiger partial charge in [-0.3, -0.25) is 14.3 Å². The van der Waals surface area contributed by atoms with Crippen LogP contribution < -0.4 is 5.32 Å². The number of fused-ring (bicyclic) bond motifs is 1. The van der Waals surface area contributed by atoms with Crippen LogP contribution in [0.2, 0.25) is 0 Å². The summed E-state index contributed by atoms with van der Waals surface area (Å²) in [4.78, 5) is 18.9. The van der Waals surface area contributed by atoms with Gasteiger partial charge in [0, 0.05) is 37.6 Å². The molecule has 7 heteroatoms. The highest BCUT2D eigenvalue weighted by molar-refractivity contribution is 5.92. The van der Waals surface area contributed by atoms with Gasteiger partial charge >= 0.3 is 0 Å². The molecule has 0 bridgehead atoms. The number of carbonyl (C=O) groups excluding carboxylic acids is 1. The van der Waals surface area contributed by atoms with Crippen LogP contribution in [-0.4, -0.2) is 49.2 Å². The predicted molar refractivity (Wildman–Crippen MR) is 106 cm³/mol. The van der Waals surface area contributed by atoms with E-state index in [0.29, 0.717) is 18.1 Å². The highest BCUT2D eigenvalue weighted by Crippen LogP contribution is 2.25.